The smallest absolute Gasteiger partial charge is 0.354 e. The Bertz CT molecular complexity index is 288. The highest BCUT2D eigenvalue weighted by Gasteiger charge is 2.09. The van der Waals surface area contributed by atoms with Crippen LogP contribution >= 0.6 is 0 Å². The van der Waals surface area contributed by atoms with Gasteiger partial charge in [0.2, 0.25) is 0 Å². The number of hydrogen-bond donors (Lipinski definition) is 1. The molecule has 1 rings (SSSR count). The highest BCUT2D eigenvalue weighted by atomic mass is 16.4. The van der Waals surface area contributed by atoms with Crippen molar-refractivity contribution in [1.29, 1.82) is 0 Å². The maximum Gasteiger partial charge on any atom is 0.354 e. The Morgan fingerprint density at radius 3 is 2.53 bits per heavy atom. The number of nitrogens with zero attached hydrogens (tertiary/aromatic N) is 2. The van der Waals surface area contributed by atoms with Crippen LogP contribution in [0.3, 0.4) is 0 Å². The maximum absolute atomic E-state index is 10.6. The molecule has 0 amide bonds. The third-order valence-corrected chi connectivity index (χ3v) is 1.51. The van der Waals surface area contributed by atoms with Crippen LogP contribution in [0.25, 0.3) is 0 Å². The molecule has 0 saturated heterocycles. The number of carbonyl (C=O) groups is 1. The highest BCUT2D eigenvalue weighted by molar-refractivity contribution is 5.86. The van der Waals surface area contributed by atoms with Gasteiger partial charge in [-0.3, -0.25) is 0 Å². The van der Waals surface area contributed by atoms with Gasteiger partial charge in [0, 0.05) is 11.8 Å². The van der Waals surface area contributed by atoms with Crippen LogP contribution in [0.1, 0.15) is 50.7 Å². The van der Waals surface area contributed by atoms with E-state index in [1.54, 1.807) is 6.20 Å². The number of aryl methyl sites for hydroxylation is 1. The fraction of sp³-hybridized carbons (Fsp3) is 0.545. The van der Waals surface area contributed by atoms with Gasteiger partial charge in [-0.05, 0) is 6.42 Å². The highest BCUT2D eigenvalue weighted by Crippen LogP contribution is 2.05. The normalized spacial score (nSPS) is 8.20. The average molecular weight is 212 g/mol. The molecule has 1 N–H and O–H groups in total. The molecule has 0 aliphatic rings. The van der Waals surface area contributed by atoms with Gasteiger partial charge in [-0.25, -0.2) is 14.8 Å². The van der Waals surface area contributed by atoms with Crippen molar-refractivity contribution in [3.8, 4) is 0 Å². The van der Waals surface area contributed by atoms with Crippen molar-refractivity contribution >= 4 is 5.97 Å². The van der Waals surface area contributed by atoms with Gasteiger partial charge in [0.1, 0.15) is 6.33 Å². The van der Waals surface area contributed by atoms with Crippen molar-refractivity contribution < 1.29 is 9.90 Å². The standard InChI is InChI=1S/C8H10N2O2.C2H6.CH4/c1-2-3-6-4-9-5-10-7(6)8(11)12;1-2;/h4-5H,2-3H2,1H3,(H,11,12);1-2H3;1H4. The van der Waals surface area contributed by atoms with E-state index in [-0.39, 0.29) is 13.1 Å². The first kappa shape index (κ1) is 16.0. The molecule has 0 aliphatic heterocycles. The predicted octanol–water partition coefficient (Wildman–Crippen LogP) is 2.79. The Balaban J connectivity index is 0. The third-order valence-electron chi connectivity index (χ3n) is 1.51. The summed E-state index contributed by atoms with van der Waals surface area (Å²) in [4.78, 5) is 18.1. The number of carboxylic acids is 1. The van der Waals surface area contributed by atoms with Gasteiger partial charge < -0.3 is 5.11 Å². The van der Waals surface area contributed by atoms with Gasteiger partial charge in [-0.15, -0.1) is 0 Å². The molecule has 0 radical (unpaired) electrons. The number of hydrogen-bond acceptors (Lipinski definition) is 3. The van der Waals surface area contributed by atoms with E-state index in [0.29, 0.717) is 12.0 Å². The number of rotatable bonds is 3. The van der Waals surface area contributed by atoms with Gasteiger partial charge in [-0.2, -0.15) is 0 Å². The van der Waals surface area contributed by atoms with Crippen LogP contribution in [0.2, 0.25) is 0 Å². The minimum Gasteiger partial charge on any atom is -0.477 e. The second kappa shape index (κ2) is 9.12. The molecule has 15 heavy (non-hydrogen) atoms. The summed E-state index contributed by atoms with van der Waals surface area (Å²) in [5.41, 5.74) is 0.819. The fourth-order valence-corrected chi connectivity index (χ4v) is 1.00. The lowest BCUT2D eigenvalue weighted by atomic mass is 10.1. The summed E-state index contributed by atoms with van der Waals surface area (Å²) >= 11 is 0. The molecule has 0 unspecified atom stereocenters. The molecule has 1 aromatic heterocycles. The first-order chi connectivity index (χ1) is 6.75. The van der Waals surface area contributed by atoms with Gasteiger partial charge in [-0.1, -0.05) is 34.6 Å². The molecule has 4 nitrogen and oxygen atoms in total. The van der Waals surface area contributed by atoms with Crippen molar-refractivity contribution in [3.05, 3.63) is 23.8 Å². The van der Waals surface area contributed by atoms with E-state index in [1.165, 1.54) is 6.33 Å². The lowest BCUT2D eigenvalue weighted by Gasteiger charge is -2.00. The Labute approximate surface area is 91.4 Å². The van der Waals surface area contributed by atoms with Crippen LogP contribution in [-0.4, -0.2) is 21.0 Å². The van der Waals surface area contributed by atoms with E-state index in [1.807, 2.05) is 20.8 Å². The van der Waals surface area contributed by atoms with Crippen LogP contribution in [0.15, 0.2) is 12.5 Å². The first-order valence-electron chi connectivity index (χ1n) is 4.78. The maximum atomic E-state index is 10.6. The second-order valence-corrected chi connectivity index (χ2v) is 2.45. The molecule has 0 spiro atoms. The third kappa shape index (κ3) is 5.10. The van der Waals surface area contributed by atoms with Gasteiger partial charge in [0.05, 0.1) is 0 Å². The molecular weight excluding hydrogens is 192 g/mol. The zero-order chi connectivity index (χ0) is 11.0. The van der Waals surface area contributed by atoms with Crippen LogP contribution in [-0.2, 0) is 6.42 Å². The van der Waals surface area contributed by atoms with Crippen LogP contribution < -0.4 is 0 Å². The van der Waals surface area contributed by atoms with Gasteiger partial charge >= 0.3 is 5.97 Å². The van der Waals surface area contributed by atoms with E-state index in [9.17, 15) is 4.79 Å². The van der Waals surface area contributed by atoms with Crippen LogP contribution in [0.5, 0.6) is 0 Å². The summed E-state index contributed by atoms with van der Waals surface area (Å²) < 4.78 is 0. The molecule has 0 bridgehead atoms. The summed E-state index contributed by atoms with van der Waals surface area (Å²) in [5, 5.41) is 8.70. The van der Waals surface area contributed by atoms with Crippen LogP contribution in [0, 0.1) is 0 Å². The van der Waals surface area contributed by atoms with Crippen LogP contribution in [0.4, 0.5) is 0 Å². The molecule has 0 fully saturated rings. The molecule has 1 heterocycles. The minimum absolute atomic E-state index is 0. The topological polar surface area (TPSA) is 63.1 Å². The molecule has 0 aromatic carbocycles. The van der Waals surface area contributed by atoms with E-state index in [2.05, 4.69) is 9.97 Å². The monoisotopic (exact) mass is 212 g/mol. The van der Waals surface area contributed by atoms with E-state index in [0.717, 1.165) is 6.42 Å². The predicted molar refractivity (Wildman–Crippen MR) is 61.1 cm³/mol. The Morgan fingerprint density at radius 1 is 1.47 bits per heavy atom. The van der Waals surface area contributed by atoms with Gasteiger partial charge in [0.25, 0.3) is 0 Å². The SMILES string of the molecule is C.CC.CCCc1cncnc1C(=O)O. The average Bonchev–Trinajstić information content (AvgIpc) is 2.22. The Hall–Kier alpha value is -1.45. The Morgan fingerprint density at radius 2 is 2.07 bits per heavy atom. The molecule has 4 heteroatoms. The summed E-state index contributed by atoms with van der Waals surface area (Å²) in [6.45, 7) is 5.98. The fourth-order valence-electron chi connectivity index (χ4n) is 1.00. The largest absolute Gasteiger partial charge is 0.477 e. The number of aromatic carboxylic acids is 1. The summed E-state index contributed by atoms with van der Waals surface area (Å²) in [7, 11) is 0. The molecule has 86 valence electrons. The summed E-state index contributed by atoms with van der Waals surface area (Å²) in [6, 6.07) is 0. The minimum atomic E-state index is -0.985. The van der Waals surface area contributed by atoms with Crippen molar-refractivity contribution in [2.45, 2.75) is 41.0 Å². The van der Waals surface area contributed by atoms with Crippen molar-refractivity contribution in [2.75, 3.05) is 0 Å². The van der Waals surface area contributed by atoms with Gasteiger partial charge in [0.15, 0.2) is 5.69 Å². The molecule has 1 aromatic rings. The van der Waals surface area contributed by atoms with Crippen molar-refractivity contribution in [3.63, 3.8) is 0 Å². The first-order valence-corrected chi connectivity index (χ1v) is 4.78. The van der Waals surface area contributed by atoms with E-state index >= 15 is 0 Å². The Kier molecular flexibility index (Phi) is 9.73. The summed E-state index contributed by atoms with van der Waals surface area (Å²) in [5.74, 6) is -0.985. The van der Waals surface area contributed by atoms with Crippen molar-refractivity contribution in [1.82, 2.24) is 9.97 Å². The van der Waals surface area contributed by atoms with E-state index in [4.69, 9.17) is 5.11 Å². The molecule has 0 saturated carbocycles. The van der Waals surface area contributed by atoms with E-state index < -0.39 is 5.97 Å². The lowest BCUT2D eigenvalue weighted by molar-refractivity contribution is 0.0689. The van der Waals surface area contributed by atoms with Crippen molar-refractivity contribution in [2.24, 2.45) is 0 Å². The quantitative estimate of drug-likeness (QED) is 0.836. The zero-order valence-corrected chi connectivity index (χ0v) is 8.82. The number of aromatic nitrogens is 2. The summed E-state index contributed by atoms with van der Waals surface area (Å²) in [6.07, 6.45) is 4.42. The lowest BCUT2D eigenvalue weighted by Crippen LogP contribution is -2.05. The zero-order valence-electron chi connectivity index (χ0n) is 8.82. The second-order valence-electron chi connectivity index (χ2n) is 2.45. The molecule has 0 atom stereocenters. The molecular formula is C11H20N2O2. The number of carboxylic acid groups (broad SMARTS) is 1. The molecule has 0 aliphatic carbocycles.